The van der Waals surface area contributed by atoms with E-state index >= 15 is 0 Å². The summed E-state index contributed by atoms with van der Waals surface area (Å²) in [6.07, 6.45) is 3.36. The summed E-state index contributed by atoms with van der Waals surface area (Å²) >= 11 is 1.43. The molecule has 1 aromatic heterocycles. The molecule has 0 bridgehead atoms. The van der Waals surface area contributed by atoms with Gasteiger partial charge in [0.25, 0.3) is 0 Å². The van der Waals surface area contributed by atoms with Crippen LogP contribution in [0.3, 0.4) is 0 Å². The summed E-state index contributed by atoms with van der Waals surface area (Å²) in [5.41, 5.74) is 0.863. The SMILES string of the molecule is COc1ccccc1-n1cnnc1SC[C@H](O)COC[C@H]1CCCO1. The molecular weight excluding hydrogens is 342 g/mol. The first kappa shape index (κ1) is 18.2. The van der Waals surface area contributed by atoms with E-state index in [9.17, 15) is 5.11 Å². The number of rotatable bonds is 9. The second-order valence-corrected chi connectivity index (χ2v) is 6.78. The van der Waals surface area contributed by atoms with Gasteiger partial charge in [-0.05, 0) is 25.0 Å². The van der Waals surface area contributed by atoms with E-state index in [2.05, 4.69) is 10.2 Å². The average molecular weight is 365 g/mol. The van der Waals surface area contributed by atoms with Crippen LogP contribution in [0, 0.1) is 0 Å². The number of aliphatic hydroxyl groups is 1. The van der Waals surface area contributed by atoms with Gasteiger partial charge in [0.1, 0.15) is 12.1 Å². The average Bonchev–Trinajstić information content (AvgIpc) is 3.31. The summed E-state index contributed by atoms with van der Waals surface area (Å²) in [6.45, 7) is 1.64. The van der Waals surface area contributed by atoms with Crippen molar-refractivity contribution in [3.05, 3.63) is 30.6 Å². The van der Waals surface area contributed by atoms with Crippen LogP contribution in [0.4, 0.5) is 0 Å². The van der Waals surface area contributed by atoms with Gasteiger partial charge in [-0.25, -0.2) is 0 Å². The third-order valence-corrected chi connectivity index (χ3v) is 4.99. The van der Waals surface area contributed by atoms with Crippen molar-refractivity contribution in [2.45, 2.75) is 30.2 Å². The monoisotopic (exact) mass is 365 g/mol. The van der Waals surface area contributed by atoms with Crippen LogP contribution < -0.4 is 4.74 Å². The van der Waals surface area contributed by atoms with Crippen molar-refractivity contribution in [1.29, 1.82) is 0 Å². The number of aromatic nitrogens is 3. The molecule has 136 valence electrons. The van der Waals surface area contributed by atoms with Gasteiger partial charge in [-0.2, -0.15) is 0 Å². The molecule has 2 aromatic rings. The van der Waals surface area contributed by atoms with E-state index in [1.165, 1.54) is 11.8 Å². The van der Waals surface area contributed by atoms with Gasteiger partial charge in [0.15, 0.2) is 5.16 Å². The fraction of sp³-hybridized carbons (Fsp3) is 0.529. The van der Waals surface area contributed by atoms with E-state index < -0.39 is 6.10 Å². The first-order valence-corrected chi connectivity index (χ1v) is 9.30. The van der Waals surface area contributed by atoms with E-state index in [0.717, 1.165) is 30.9 Å². The topological polar surface area (TPSA) is 78.6 Å². The molecule has 0 amide bonds. The number of ether oxygens (including phenoxy) is 3. The highest BCUT2D eigenvalue weighted by atomic mass is 32.2. The Hall–Kier alpha value is -1.61. The molecule has 1 saturated heterocycles. The van der Waals surface area contributed by atoms with Crippen molar-refractivity contribution >= 4 is 11.8 Å². The maximum absolute atomic E-state index is 10.1. The Morgan fingerprint density at radius 3 is 3.12 bits per heavy atom. The molecule has 25 heavy (non-hydrogen) atoms. The molecule has 1 aliphatic heterocycles. The zero-order valence-electron chi connectivity index (χ0n) is 14.2. The molecule has 1 N–H and O–H groups in total. The van der Waals surface area contributed by atoms with E-state index in [1.807, 2.05) is 28.8 Å². The second-order valence-electron chi connectivity index (χ2n) is 5.79. The highest BCUT2D eigenvalue weighted by molar-refractivity contribution is 7.99. The number of nitrogens with zero attached hydrogens (tertiary/aromatic N) is 3. The molecule has 2 atom stereocenters. The molecule has 1 fully saturated rings. The molecule has 1 aromatic carbocycles. The van der Waals surface area contributed by atoms with Crippen molar-refractivity contribution in [1.82, 2.24) is 14.8 Å². The van der Waals surface area contributed by atoms with Gasteiger partial charge in [0.2, 0.25) is 0 Å². The Balaban J connectivity index is 1.51. The van der Waals surface area contributed by atoms with Gasteiger partial charge in [0, 0.05) is 12.4 Å². The minimum atomic E-state index is -0.575. The van der Waals surface area contributed by atoms with Crippen molar-refractivity contribution in [3.8, 4) is 11.4 Å². The Morgan fingerprint density at radius 2 is 2.32 bits per heavy atom. The van der Waals surface area contributed by atoms with Gasteiger partial charge >= 0.3 is 0 Å². The normalized spacial score (nSPS) is 18.4. The summed E-state index contributed by atoms with van der Waals surface area (Å²) in [5, 5.41) is 18.9. The van der Waals surface area contributed by atoms with Crippen molar-refractivity contribution in [2.24, 2.45) is 0 Å². The molecule has 0 radical (unpaired) electrons. The van der Waals surface area contributed by atoms with Gasteiger partial charge in [-0.3, -0.25) is 4.57 Å². The highest BCUT2D eigenvalue weighted by Gasteiger charge is 2.17. The van der Waals surface area contributed by atoms with Crippen LogP contribution in [0.25, 0.3) is 5.69 Å². The lowest BCUT2D eigenvalue weighted by atomic mass is 10.2. The Morgan fingerprint density at radius 1 is 1.44 bits per heavy atom. The van der Waals surface area contributed by atoms with Crippen LogP contribution in [-0.2, 0) is 9.47 Å². The van der Waals surface area contributed by atoms with Gasteiger partial charge in [-0.1, -0.05) is 23.9 Å². The zero-order chi connectivity index (χ0) is 17.5. The quantitative estimate of drug-likeness (QED) is 0.680. The zero-order valence-corrected chi connectivity index (χ0v) is 15.0. The van der Waals surface area contributed by atoms with Gasteiger partial charge in [0.05, 0.1) is 38.2 Å². The molecular formula is C17H23N3O4S. The minimum Gasteiger partial charge on any atom is -0.495 e. The van der Waals surface area contributed by atoms with Crippen LogP contribution in [0.2, 0.25) is 0 Å². The molecule has 2 heterocycles. The number of hydrogen-bond donors (Lipinski definition) is 1. The standard InChI is InChI=1S/C17H23N3O4S/c1-22-16-7-3-2-6-15(16)20-12-18-19-17(20)25-11-13(21)9-23-10-14-5-4-8-24-14/h2-3,6-7,12-14,21H,4-5,8-11H2,1H3/t13-,14-/m1/s1. The summed E-state index contributed by atoms with van der Waals surface area (Å²) in [7, 11) is 1.63. The third kappa shape index (κ3) is 4.94. The summed E-state index contributed by atoms with van der Waals surface area (Å²) < 4.78 is 18.3. The number of benzene rings is 1. The summed E-state index contributed by atoms with van der Waals surface area (Å²) in [6, 6.07) is 7.67. The highest BCUT2D eigenvalue weighted by Crippen LogP contribution is 2.26. The Kier molecular flexibility index (Phi) is 6.69. The maximum atomic E-state index is 10.1. The molecule has 0 aliphatic carbocycles. The number of para-hydroxylation sites is 2. The van der Waals surface area contributed by atoms with Crippen LogP contribution in [-0.4, -0.2) is 64.8 Å². The van der Waals surface area contributed by atoms with E-state index in [4.69, 9.17) is 14.2 Å². The number of hydrogen-bond acceptors (Lipinski definition) is 7. The van der Waals surface area contributed by atoms with Crippen LogP contribution in [0.15, 0.2) is 35.7 Å². The predicted molar refractivity (Wildman–Crippen MR) is 94.4 cm³/mol. The minimum absolute atomic E-state index is 0.175. The van der Waals surface area contributed by atoms with Crippen molar-refractivity contribution < 1.29 is 19.3 Å². The summed E-state index contributed by atoms with van der Waals surface area (Å²) in [5.74, 6) is 1.21. The Bertz CT molecular complexity index is 661. The lowest BCUT2D eigenvalue weighted by molar-refractivity contribution is -0.0114. The number of methoxy groups -OCH3 is 1. The first-order chi connectivity index (χ1) is 12.3. The van der Waals surface area contributed by atoms with Crippen LogP contribution in [0.5, 0.6) is 5.75 Å². The van der Waals surface area contributed by atoms with E-state index in [0.29, 0.717) is 17.5 Å². The van der Waals surface area contributed by atoms with Gasteiger partial charge < -0.3 is 19.3 Å². The lowest BCUT2D eigenvalue weighted by Crippen LogP contribution is -2.22. The van der Waals surface area contributed by atoms with Crippen LogP contribution >= 0.6 is 11.8 Å². The molecule has 7 nitrogen and oxygen atoms in total. The third-order valence-electron chi connectivity index (χ3n) is 3.90. The fourth-order valence-corrected chi connectivity index (χ4v) is 3.47. The number of thioether (sulfide) groups is 1. The maximum Gasteiger partial charge on any atom is 0.195 e. The Labute approximate surface area is 151 Å². The van der Waals surface area contributed by atoms with Crippen molar-refractivity contribution in [3.63, 3.8) is 0 Å². The largest absolute Gasteiger partial charge is 0.495 e. The molecule has 0 unspecified atom stereocenters. The molecule has 8 heteroatoms. The molecule has 0 spiro atoms. The fourth-order valence-electron chi connectivity index (χ4n) is 2.65. The number of aliphatic hydroxyl groups excluding tert-OH is 1. The second kappa shape index (κ2) is 9.19. The lowest BCUT2D eigenvalue weighted by Gasteiger charge is -2.14. The molecule has 0 saturated carbocycles. The predicted octanol–water partition coefficient (Wildman–Crippen LogP) is 1.92. The molecule has 1 aliphatic rings. The molecule has 3 rings (SSSR count). The first-order valence-electron chi connectivity index (χ1n) is 8.31. The van der Waals surface area contributed by atoms with Crippen LogP contribution in [0.1, 0.15) is 12.8 Å². The van der Waals surface area contributed by atoms with Crippen molar-refractivity contribution in [2.75, 3.05) is 32.7 Å². The summed E-state index contributed by atoms with van der Waals surface area (Å²) in [4.78, 5) is 0. The smallest absolute Gasteiger partial charge is 0.195 e. The van der Waals surface area contributed by atoms with E-state index in [-0.39, 0.29) is 12.7 Å². The van der Waals surface area contributed by atoms with E-state index in [1.54, 1.807) is 13.4 Å². The van der Waals surface area contributed by atoms with Gasteiger partial charge in [-0.15, -0.1) is 10.2 Å².